The van der Waals surface area contributed by atoms with Crippen LogP contribution in [0.25, 0.3) is 0 Å². The lowest BCUT2D eigenvalue weighted by Crippen LogP contribution is -2.32. The summed E-state index contributed by atoms with van der Waals surface area (Å²) in [6.07, 6.45) is 4.73. The highest BCUT2D eigenvalue weighted by molar-refractivity contribution is 5.85. The SMILES string of the molecule is Cl.O=C(CC1CCCN1)NCCCOCCc1ccccc1. The van der Waals surface area contributed by atoms with Crippen LogP contribution in [0.15, 0.2) is 30.3 Å². The standard InChI is InChI=1S/C17H26N2O2.ClH/c20-17(14-16-8-4-10-18-16)19-11-5-12-21-13-9-15-6-2-1-3-7-15;/h1-3,6-7,16,18H,4-5,8-14H2,(H,19,20);1H. The van der Waals surface area contributed by atoms with Gasteiger partial charge in [0, 0.05) is 25.6 Å². The number of rotatable bonds is 9. The molecule has 1 saturated heterocycles. The fourth-order valence-corrected chi connectivity index (χ4v) is 2.57. The molecule has 0 saturated carbocycles. The van der Waals surface area contributed by atoms with Crippen LogP contribution >= 0.6 is 12.4 Å². The van der Waals surface area contributed by atoms with Crippen LogP contribution in [0.3, 0.4) is 0 Å². The lowest BCUT2D eigenvalue weighted by molar-refractivity contribution is -0.121. The van der Waals surface area contributed by atoms with Crippen LogP contribution in [-0.4, -0.2) is 38.3 Å². The lowest BCUT2D eigenvalue weighted by atomic mass is 10.1. The predicted molar refractivity (Wildman–Crippen MR) is 91.5 cm³/mol. The van der Waals surface area contributed by atoms with Crippen molar-refractivity contribution in [2.24, 2.45) is 0 Å². The molecule has 1 aromatic rings. The van der Waals surface area contributed by atoms with Gasteiger partial charge in [-0.05, 0) is 37.8 Å². The maximum atomic E-state index is 11.7. The van der Waals surface area contributed by atoms with E-state index in [1.807, 2.05) is 18.2 Å². The van der Waals surface area contributed by atoms with Crippen LogP contribution in [0.1, 0.15) is 31.2 Å². The van der Waals surface area contributed by atoms with E-state index in [0.717, 1.165) is 32.4 Å². The number of ether oxygens (including phenoxy) is 1. The van der Waals surface area contributed by atoms with Crippen molar-refractivity contribution < 1.29 is 9.53 Å². The summed E-state index contributed by atoms with van der Waals surface area (Å²) >= 11 is 0. The van der Waals surface area contributed by atoms with Crippen LogP contribution in [0.5, 0.6) is 0 Å². The smallest absolute Gasteiger partial charge is 0.221 e. The zero-order valence-corrected chi connectivity index (χ0v) is 13.9. The fourth-order valence-electron chi connectivity index (χ4n) is 2.57. The van der Waals surface area contributed by atoms with Gasteiger partial charge < -0.3 is 15.4 Å². The van der Waals surface area contributed by atoms with Gasteiger partial charge in [-0.2, -0.15) is 0 Å². The molecule has 0 aliphatic carbocycles. The summed E-state index contributed by atoms with van der Waals surface area (Å²) in [6, 6.07) is 10.7. The average molecular weight is 327 g/mol. The molecular formula is C17H27ClN2O2. The molecule has 1 aromatic carbocycles. The first-order valence-corrected chi connectivity index (χ1v) is 7.96. The summed E-state index contributed by atoms with van der Waals surface area (Å²) in [4.78, 5) is 11.7. The van der Waals surface area contributed by atoms with E-state index in [2.05, 4.69) is 22.8 Å². The second-order valence-electron chi connectivity index (χ2n) is 5.55. The van der Waals surface area contributed by atoms with Gasteiger partial charge >= 0.3 is 0 Å². The van der Waals surface area contributed by atoms with Gasteiger partial charge in [-0.15, -0.1) is 12.4 Å². The Labute approximate surface area is 139 Å². The van der Waals surface area contributed by atoms with Crippen LogP contribution in [-0.2, 0) is 16.0 Å². The van der Waals surface area contributed by atoms with E-state index < -0.39 is 0 Å². The summed E-state index contributed by atoms with van der Waals surface area (Å²) in [6.45, 7) is 3.20. The maximum Gasteiger partial charge on any atom is 0.221 e. The molecule has 1 aliphatic heterocycles. The van der Waals surface area contributed by atoms with Crippen LogP contribution in [0.2, 0.25) is 0 Å². The summed E-state index contributed by atoms with van der Waals surface area (Å²) in [5.74, 6) is 0.152. The third kappa shape index (κ3) is 7.78. The van der Waals surface area contributed by atoms with Crippen molar-refractivity contribution in [1.82, 2.24) is 10.6 Å². The largest absolute Gasteiger partial charge is 0.381 e. The van der Waals surface area contributed by atoms with Crippen molar-refractivity contribution in [1.29, 1.82) is 0 Å². The van der Waals surface area contributed by atoms with Crippen molar-refractivity contribution in [2.45, 2.75) is 38.1 Å². The Kier molecular flexibility index (Phi) is 9.87. The minimum absolute atomic E-state index is 0. The van der Waals surface area contributed by atoms with Gasteiger partial charge in [0.15, 0.2) is 0 Å². The van der Waals surface area contributed by atoms with Gasteiger partial charge in [0.2, 0.25) is 5.91 Å². The Morgan fingerprint density at radius 3 is 2.82 bits per heavy atom. The maximum absolute atomic E-state index is 11.7. The number of hydrogen-bond acceptors (Lipinski definition) is 3. The molecule has 5 heteroatoms. The zero-order valence-electron chi connectivity index (χ0n) is 13.1. The number of benzene rings is 1. The number of halogens is 1. The number of nitrogens with one attached hydrogen (secondary N) is 2. The van der Waals surface area contributed by atoms with E-state index in [9.17, 15) is 4.79 Å². The highest BCUT2D eigenvalue weighted by Gasteiger charge is 2.16. The van der Waals surface area contributed by atoms with E-state index in [1.54, 1.807) is 0 Å². The van der Waals surface area contributed by atoms with Crippen LogP contribution < -0.4 is 10.6 Å². The van der Waals surface area contributed by atoms with Gasteiger partial charge in [-0.25, -0.2) is 0 Å². The summed E-state index contributed by atoms with van der Waals surface area (Å²) in [7, 11) is 0. The van der Waals surface area contributed by atoms with E-state index in [-0.39, 0.29) is 18.3 Å². The van der Waals surface area contributed by atoms with Crippen LogP contribution in [0.4, 0.5) is 0 Å². The molecule has 1 heterocycles. The molecule has 1 fully saturated rings. The quantitative estimate of drug-likeness (QED) is 0.685. The topological polar surface area (TPSA) is 50.4 Å². The van der Waals surface area contributed by atoms with Gasteiger partial charge in [0.25, 0.3) is 0 Å². The van der Waals surface area contributed by atoms with Crippen LogP contribution in [0, 0.1) is 0 Å². The Hall–Kier alpha value is -1.10. The number of hydrogen-bond donors (Lipinski definition) is 2. The molecule has 1 atom stereocenters. The van der Waals surface area contributed by atoms with E-state index in [1.165, 1.54) is 12.0 Å². The van der Waals surface area contributed by atoms with E-state index >= 15 is 0 Å². The molecule has 0 bridgehead atoms. The number of carbonyl (C=O) groups excluding carboxylic acids is 1. The Morgan fingerprint density at radius 2 is 2.09 bits per heavy atom. The first-order chi connectivity index (χ1) is 10.3. The second-order valence-corrected chi connectivity index (χ2v) is 5.55. The van der Waals surface area contributed by atoms with Gasteiger partial charge in [0.1, 0.15) is 0 Å². The normalized spacial score (nSPS) is 17.0. The minimum atomic E-state index is 0. The molecule has 2 rings (SSSR count). The van der Waals surface area contributed by atoms with Gasteiger partial charge in [-0.1, -0.05) is 30.3 Å². The van der Waals surface area contributed by atoms with E-state index in [0.29, 0.717) is 25.6 Å². The summed E-state index contributed by atoms with van der Waals surface area (Å²) < 4.78 is 5.59. The predicted octanol–water partition coefficient (Wildman–Crippen LogP) is 2.32. The highest BCUT2D eigenvalue weighted by atomic mass is 35.5. The van der Waals surface area contributed by atoms with Crippen molar-refractivity contribution in [3.05, 3.63) is 35.9 Å². The monoisotopic (exact) mass is 326 g/mol. The van der Waals surface area contributed by atoms with Crippen molar-refractivity contribution in [3.8, 4) is 0 Å². The molecule has 22 heavy (non-hydrogen) atoms. The van der Waals surface area contributed by atoms with Crippen molar-refractivity contribution in [2.75, 3.05) is 26.3 Å². The summed E-state index contributed by atoms with van der Waals surface area (Å²) in [5, 5.41) is 6.30. The molecule has 4 nitrogen and oxygen atoms in total. The van der Waals surface area contributed by atoms with Crippen molar-refractivity contribution in [3.63, 3.8) is 0 Å². The molecule has 1 unspecified atom stereocenters. The highest BCUT2D eigenvalue weighted by Crippen LogP contribution is 2.08. The Balaban J connectivity index is 0.00000242. The molecule has 0 aromatic heterocycles. The fraction of sp³-hybridized carbons (Fsp3) is 0.588. The van der Waals surface area contributed by atoms with Gasteiger partial charge in [-0.3, -0.25) is 4.79 Å². The Morgan fingerprint density at radius 1 is 1.27 bits per heavy atom. The molecule has 1 aliphatic rings. The first-order valence-electron chi connectivity index (χ1n) is 7.96. The number of carbonyl (C=O) groups is 1. The first kappa shape index (κ1) is 18.9. The van der Waals surface area contributed by atoms with Crippen molar-refractivity contribution >= 4 is 18.3 Å². The molecule has 0 radical (unpaired) electrons. The lowest BCUT2D eigenvalue weighted by Gasteiger charge is -2.10. The average Bonchev–Trinajstić information content (AvgIpc) is 3.00. The van der Waals surface area contributed by atoms with Gasteiger partial charge in [0.05, 0.1) is 6.61 Å². The molecule has 124 valence electrons. The molecule has 2 N–H and O–H groups in total. The summed E-state index contributed by atoms with van der Waals surface area (Å²) in [5.41, 5.74) is 1.30. The Bertz CT molecular complexity index is 408. The molecule has 0 spiro atoms. The zero-order chi connectivity index (χ0) is 14.8. The number of amides is 1. The minimum Gasteiger partial charge on any atom is -0.381 e. The third-order valence-electron chi connectivity index (χ3n) is 3.76. The second kappa shape index (κ2) is 11.5. The molecule has 1 amide bonds. The van der Waals surface area contributed by atoms with E-state index in [4.69, 9.17) is 4.74 Å². The third-order valence-corrected chi connectivity index (χ3v) is 3.76. The molecular weight excluding hydrogens is 300 g/mol.